The van der Waals surface area contributed by atoms with Gasteiger partial charge in [0.05, 0.1) is 13.2 Å². The molecular weight excluding hydrogens is 246 g/mol. The molecule has 0 radical (unpaired) electrons. The summed E-state index contributed by atoms with van der Waals surface area (Å²) >= 11 is 0. The lowest BCUT2D eigenvalue weighted by molar-refractivity contribution is -0.147. The van der Waals surface area contributed by atoms with Gasteiger partial charge in [0, 0.05) is 19.6 Å². The predicted molar refractivity (Wildman–Crippen MR) is 71.7 cm³/mol. The van der Waals surface area contributed by atoms with Gasteiger partial charge in [0.1, 0.15) is 6.54 Å². The van der Waals surface area contributed by atoms with Crippen molar-refractivity contribution in [2.45, 2.75) is 51.6 Å². The van der Waals surface area contributed by atoms with Crippen molar-refractivity contribution in [2.24, 2.45) is 0 Å². The summed E-state index contributed by atoms with van der Waals surface area (Å²) in [5.41, 5.74) is 0. The Morgan fingerprint density at radius 2 is 2.16 bits per heavy atom. The van der Waals surface area contributed by atoms with E-state index in [2.05, 4.69) is 4.74 Å². The number of carbonyl (C=O) groups excluding carboxylic acids is 2. The van der Waals surface area contributed by atoms with Crippen LogP contribution in [0.2, 0.25) is 0 Å². The van der Waals surface area contributed by atoms with E-state index in [-0.39, 0.29) is 24.5 Å². The van der Waals surface area contributed by atoms with Crippen LogP contribution in [0.25, 0.3) is 0 Å². The molecule has 0 aliphatic carbocycles. The fourth-order valence-corrected chi connectivity index (χ4v) is 2.26. The van der Waals surface area contributed by atoms with Crippen molar-refractivity contribution in [3.63, 3.8) is 0 Å². The van der Waals surface area contributed by atoms with E-state index in [9.17, 15) is 9.59 Å². The highest BCUT2D eigenvalue weighted by molar-refractivity contribution is 5.82. The molecule has 0 bridgehead atoms. The van der Waals surface area contributed by atoms with Crippen LogP contribution in [0.3, 0.4) is 0 Å². The molecule has 0 spiro atoms. The Balaban J connectivity index is 2.35. The van der Waals surface area contributed by atoms with Crippen LogP contribution in [0.1, 0.15) is 45.4 Å². The molecule has 0 aromatic heterocycles. The summed E-state index contributed by atoms with van der Waals surface area (Å²) in [7, 11) is 1.34. The molecule has 0 N–H and O–H groups in total. The van der Waals surface area contributed by atoms with Crippen LogP contribution < -0.4 is 0 Å². The summed E-state index contributed by atoms with van der Waals surface area (Å²) in [5, 5.41) is 0. The normalized spacial score (nSPS) is 18.9. The van der Waals surface area contributed by atoms with Crippen molar-refractivity contribution in [1.29, 1.82) is 0 Å². The van der Waals surface area contributed by atoms with Gasteiger partial charge in [-0.1, -0.05) is 6.92 Å². The van der Waals surface area contributed by atoms with Gasteiger partial charge in [-0.3, -0.25) is 9.59 Å². The molecule has 1 saturated heterocycles. The molecule has 19 heavy (non-hydrogen) atoms. The first kappa shape index (κ1) is 16.0. The summed E-state index contributed by atoms with van der Waals surface area (Å²) < 4.78 is 10.2. The first-order chi connectivity index (χ1) is 9.17. The number of amides is 1. The third-order valence-corrected chi connectivity index (χ3v) is 3.35. The number of nitrogens with zero attached hydrogens (tertiary/aromatic N) is 1. The fourth-order valence-electron chi connectivity index (χ4n) is 2.26. The van der Waals surface area contributed by atoms with Crippen molar-refractivity contribution >= 4 is 11.9 Å². The van der Waals surface area contributed by atoms with E-state index in [1.807, 2.05) is 6.92 Å². The molecule has 5 heteroatoms. The quantitative estimate of drug-likeness (QED) is 0.662. The molecule has 1 heterocycles. The van der Waals surface area contributed by atoms with Crippen LogP contribution in [-0.4, -0.2) is 49.7 Å². The molecule has 1 aliphatic rings. The monoisotopic (exact) mass is 271 g/mol. The Morgan fingerprint density at radius 3 is 2.74 bits per heavy atom. The molecule has 1 fully saturated rings. The minimum atomic E-state index is -0.365. The second-order valence-electron chi connectivity index (χ2n) is 4.92. The van der Waals surface area contributed by atoms with Crippen LogP contribution >= 0.6 is 0 Å². The lowest BCUT2D eigenvalue weighted by atomic mass is 10.0. The maximum absolute atomic E-state index is 12.1. The van der Waals surface area contributed by atoms with E-state index in [4.69, 9.17) is 4.74 Å². The zero-order chi connectivity index (χ0) is 14.1. The highest BCUT2D eigenvalue weighted by Crippen LogP contribution is 2.17. The van der Waals surface area contributed by atoms with Gasteiger partial charge in [0.15, 0.2) is 0 Å². The van der Waals surface area contributed by atoms with E-state index >= 15 is 0 Å². The Kier molecular flexibility index (Phi) is 7.48. The SMILES string of the molecule is CCCN(CC(=O)OC)C(=O)CCC1CCCCO1. The molecule has 1 rings (SSSR count). The van der Waals surface area contributed by atoms with Gasteiger partial charge in [-0.05, 0) is 32.1 Å². The van der Waals surface area contributed by atoms with Crippen LogP contribution in [-0.2, 0) is 19.1 Å². The van der Waals surface area contributed by atoms with Crippen molar-refractivity contribution in [2.75, 3.05) is 26.8 Å². The van der Waals surface area contributed by atoms with Crippen molar-refractivity contribution < 1.29 is 19.1 Å². The van der Waals surface area contributed by atoms with Gasteiger partial charge in [-0.2, -0.15) is 0 Å². The summed E-state index contributed by atoms with van der Waals surface area (Å²) in [4.78, 5) is 24.9. The van der Waals surface area contributed by atoms with Gasteiger partial charge < -0.3 is 14.4 Å². The second kappa shape index (κ2) is 8.91. The van der Waals surface area contributed by atoms with Crippen molar-refractivity contribution in [3.05, 3.63) is 0 Å². The van der Waals surface area contributed by atoms with Gasteiger partial charge in [0.25, 0.3) is 0 Å². The highest BCUT2D eigenvalue weighted by Gasteiger charge is 2.20. The second-order valence-corrected chi connectivity index (χ2v) is 4.92. The van der Waals surface area contributed by atoms with E-state index in [1.54, 1.807) is 4.90 Å². The number of rotatable bonds is 7. The molecule has 110 valence electrons. The summed E-state index contributed by atoms with van der Waals surface area (Å²) in [6.07, 6.45) is 5.58. The van der Waals surface area contributed by atoms with Crippen LogP contribution in [0, 0.1) is 0 Å². The van der Waals surface area contributed by atoms with Gasteiger partial charge >= 0.3 is 5.97 Å². The molecule has 5 nitrogen and oxygen atoms in total. The predicted octanol–water partition coefficient (Wildman–Crippen LogP) is 1.75. The number of hydrogen-bond acceptors (Lipinski definition) is 4. The zero-order valence-corrected chi connectivity index (χ0v) is 12.0. The Hall–Kier alpha value is -1.10. The molecular formula is C14H25NO4. The topological polar surface area (TPSA) is 55.8 Å². The van der Waals surface area contributed by atoms with E-state index in [0.717, 1.165) is 32.3 Å². The number of methoxy groups -OCH3 is 1. The Bertz CT molecular complexity index is 287. The van der Waals surface area contributed by atoms with Gasteiger partial charge in [0.2, 0.25) is 5.91 Å². The van der Waals surface area contributed by atoms with Crippen molar-refractivity contribution in [3.8, 4) is 0 Å². The average Bonchev–Trinajstić information content (AvgIpc) is 2.45. The summed E-state index contributed by atoms with van der Waals surface area (Å²) in [6.45, 7) is 3.44. The maximum atomic E-state index is 12.1. The zero-order valence-electron chi connectivity index (χ0n) is 12.0. The number of hydrogen-bond donors (Lipinski definition) is 0. The maximum Gasteiger partial charge on any atom is 0.325 e. The van der Waals surface area contributed by atoms with E-state index in [1.165, 1.54) is 13.5 Å². The van der Waals surface area contributed by atoms with E-state index < -0.39 is 0 Å². The summed E-state index contributed by atoms with van der Waals surface area (Å²) in [5.74, 6) is -0.350. The highest BCUT2D eigenvalue weighted by atomic mass is 16.5. The molecule has 0 aromatic rings. The Labute approximate surface area is 115 Å². The molecule has 1 unspecified atom stereocenters. The average molecular weight is 271 g/mol. The number of ether oxygens (including phenoxy) is 2. The minimum Gasteiger partial charge on any atom is -0.468 e. The lowest BCUT2D eigenvalue weighted by Crippen LogP contribution is -2.37. The smallest absolute Gasteiger partial charge is 0.325 e. The first-order valence-electron chi connectivity index (χ1n) is 7.13. The standard InChI is InChI=1S/C14H25NO4/c1-3-9-15(11-14(17)18-2)13(16)8-7-12-6-4-5-10-19-12/h12H,3-11H2,1-2H3. The number of carbonyl (C=O) groups is 2. The van der Waals surface area contributed by atoms with Crippen LogP contribution in [0.5, 0.6) is 0 Å². The third-order valence-electron chi connectivity index (χ3n) is 3.35. The largest absolute Gasteiger partial charge is 0.468 e. The van der Waals surface area contributed by atoms with Crippen LogP contribution in [0.4, 0.5) is 0 Å². The van der Waals surface area contributed by atoms with E-state index in [0.29, 0.717) is 13.0 Å². The minimum absolute atomic E-state index is 0.0152. The van der Waals surface area contributed by atoms with Crippen LogP contribution in [0.15, 0.2) is 0 Å². The first-order valence-corrected chi connectivity index (χ1v) is 7.13. The van der Waals surface area contributed by atoms with Gasteiger partial charge in [-0.15, -0.1) is 0 Å². The fraction of sp³-hybridized carbons (Fsp3) is 0.857. The lowest BCUT2D eigenvalue weighted by Gasteiger charge is -2.24. The molecule has 1 amide bonds. The molecule has 0 aromatic carbocycles. The van der Waals surface area contributed by atoms with Gasteiger partial charge in [-0.25, -0.2) is 0 Å². The number of esters is 1. The van der Waals surface area contributed by atoms with Crippen molar-refractivity contribution in [1.82, 2.24) is 4.90 Å². The summed E-state index contributed by atoms with van der Waals surface area (Å²) in [6, 6.07) is 0. The molecule has 0 saturated carbocycles. The molecule has 1 atom stereocenters. The Morgan fingerprint density at radius 1 is 1.37 bits per heavy atom. The third kappa shape index (κ3) is 6.05. The molecule has 1 aliphatic heterocycles.